The highest BCUT2D eigenvalue weighted by molar-refractivity contribution is 5.81. The summed E-state index contributed by atoms with van der Waals surface area (Å²) in [6.45, 7) is 6.25. The summed E-state index contributed by atoms with van der Waals surface area (Å²) in [6, 6.07) is 15.7. The molecule has 3 rings (SSSR count). The lowest BCUT2D eigenvalue weighted by Crippen LogP contribution is -2.38. The van der Waals surface area contributed by atoms with E-state index in [0.717, 1.165) is 29.3 Å². The van der Waals surface area contributed by atoms with Crippen LogP contribution in [0, 0.1) is 0 Å². The molecule has 25 heavy (non-hydrogen) atoms. The topological polar surface area (TPSA) is 50.8 Å². The lowest BCUT2D eigenvalue weighted by atomic mass is 10.1. The van der Waals surface area contributed by atoms with Crippen LogP contribution in [-0.4, -0.2) is 32.2 Å². The Labute approximate surface area is 148 Å². The van der Waals surface area contributed by atoms with Crippen molar-refractivity contribution < 1.29 is 14.3 Å². The van der Waals surface area contributed by atoms with Gasteiger partial charge in [-0.15, -0.1) is 0 Å². The second-order valence-corrected chi connectivity index (χ2v) is 6.04. The Kier molecular flexibility index (Phi) is 5.43. The predicted molar refractivity (Wildman–Crippen MR) is 98.3 cm³/mol. The highest BCUT2D eigenvalue weighted by Gasteiger charge is 2.17. The van der Waals surface area contributed by atoms with Gasteiger partial charge in [0.15, 0.2) is 11.5 Å². The van der Waals surface area contributed by atoms with E-state index in [4.69, 9.17) is 9.47 Å². The number of nitrogens with one attached hydrogen (secondary N) is 1. The van der Waals surface area contributed by atoms with Gasteiger partial charge < -0.3 is 19.7 Å². The number of hydrogen-bond donors (Lipinski definition) is 1. The van der Waals surface area contributed by atoms with E-state index < -0.39 is 0 Å². The molecule has 0 spiro atoms. The van der Waals surface area contributed by atoms with E-state index >= 15 is 0 Å². The second kappa shape index (κ2) is 7.92. The van der Waals surface area contributed by atoms with Gasteiger partial charge in [-0.25, -0.2) is 0 Å². The second-order valence-electron chi connectivity index (χ2n) is 6.04. The first-order valence-corrected chi connectivity index (χ1v) is 8.66. The van der Waals surface area contributed by atoms with E-state index in [1.54, 1.807) is 0 Å². The summed E-state index contributed by atoms with van der Waals surface area (Å²) in [5, 5.41) is 3.06. The molecule has 1 aliphatic heterocycles. The molecule has 0 saturated heterocycles. The zero-order valence-electron chi connectivity index (χ0n) is 14.7. The highest BCUT2D eigenvalue weighted by atomic mass is 16.6. The van der Waals surface area contributed by atoms with Crippen molar-refractivity contribution >= 4 is 11.6 Å². The molecule has 0 radical (unpaired) electrons. The third-order valence-electron chi connectivity index (χ3n) is 4.28. The lowest BCUT2D eigenvalue weighted by molar-refractivity contribution is -0.120. The molecule has 1 unspecified atom stereocenters. The summed E-state index contributed by atoms with van der Waals surface area (Å²) in [4.78, 5) is 14.5. The van der Waals surface area contributed by atoms with Crippen LogP contribution in [0.15, 0.2) is 48.5 Å². The van der Waals surface area contributed by atoms with Crippen LogP contribution in [0.5, 0.6) is 11.5 Å². The minimum absolute atomic E-state index is 0.00640. The number of carbonyl (C=O) groups excluding carboxylic acids is 1. The van der Waals surface area contributed by atoms with Crippen LogP contribution in [-0.2, 0) is 4.79 Å². The summed E-state index contributed by atoms with van der Waals surface area (Å²) in [7, 11) is 0. The third-order valence-corrected chi connectivity index (χ3v) is 4.28. The molecule has 5 nitrogen and oxygen atoms in total. The first-order valence-electron chi connectivity index (χ1n) is 8.66. The number of likely N-dealkylation sites (N-methyl/N-ethyl adjacent to an activating group) is 1. The lowest BCUT2D eigenvalue weighted by Gasteiger charge is -2.24. The molecule has 1 atom stereocenters. The zero-order valence-corrected chi connectivity index (χ0v) is 14.7. The van der Waals surface area contributed by atoms with Crippen molar-refractivity contribution in [2.45, 2.75) is 19.9 Å². The van der Waals surface area contributed by atoms with Crippen molar-refractivity contribution in [3.8, 4) is 11.5 Å². The van der Waals surface area contributed by atoms with E-state index in [-0.39, 0.29) is 11.9 Å². The van der Waals surface area contributed by atoms with Gasteiger partial charge in [0.1, 0.15) is 13.2 Å². The molecule has 0 aliphatic carbocycles. The number of nitrogens with zero attached hydrogens (tertiary/aromatic N) is 1. The Morgan fingerprint density at radius 3 is 2.56 bits per heavy atom. The average Bonchev–Trinajstić information content (AvgIpc) is 2.66. The number of fused-ring (bicyclic) bond motifs is 1. The standard InChI is InChI=1S/C20H24N2O3/c1-3-22(17-7-5-4-6-8-17)14-20(23)21-15(2)16-9-10-18-19(13-16)25-12-11-24-18/h4-10,13,15H,3,11-12,14H2,1-2H3,(H,21,23). The van der Waals surface area contributed by atoms with Crippen LogP contribution in [0.2, 0.25) is 0 Å². The number of carbonyl (C=O) groups is 1. The smallest absolute Gasteiger partial charge is 0.239 e. The fraction of sp³-hybridized carbons (Fsp3) is 0.350. The Balaban J connectivity index is 1.62. The Hall–Kier alpha value is -2.69. The van der Waals surface area contributed by atoms with E-state index in [0.29, 0.717) is 19.8 Å². The largest absolute Gasteiger partial charge is 0.486 e. The van der Waals surface area contributed by atoms with Crippen molar-refractivity contribution in [1.82, 2.24) is 5.32 Å². The minimum atomic E-state index is -0.0993. The molecular weight excluding hydrogens is 316 g/mol. The summed E-state index contributed by atoms with van der Waals surface area (Å²) >= 11 is 0. The van der Waals surface area contributed by atoms with Crippen LogP contribution in [0.4, 0.5) is 5.69 Å². The molecule has 5 heteroatoms. The number of rotatable bonds is 6. The van der Waals surface area contributed by atoms with Crippen molar-refractivity contribution in [3.05, 3.63) is 54.1 Å². The van der Waals surface area contributed by atoms with Gasteiger partial charge in [0.05, 0.1) is 12.6 Å². The van der Waals surface area contributed by atoms with Crippen LogP contribution in [0.3, 0.4) is 0 Å². The summed E-state index contributed by atoms with van der Waals surface area (Å²) in [5.41, 5.74) is 2.05. The first-order chi connectivity index (χ1) is 12.2. The number of para-hydroxylation sites is 1. The molecule has 0 fully saturated rings. The quantitative estimate of drug-likeness (QED) is 0.878. The SMILES string of the molecule is CCN(CC(=O)NC(C)c1ccc2c(c1)OCCO2)c1ccccc1. The van der Waals surface area contributed by atoms with Gasteiger partial charge in [0, 0.05) is 12.2 Å². The number of benzene rings is 2. The number of anilines is 1. The zero-order chi connectivity index (χ0) is 17.6. The summed E-state index contributed by atoms with van der Waals surface area (Å²) in [5.74, 6) is 1.49. The molecule has 0 saturated carbocycles. The van der Waals surface area contributed by atoms with E-state index in [1.807, 2.05) is 67.3 Å². The normalized spacial score (nSPS) is 13.8. The van der Waals surface area contributed by atoms with E-state index in [1.165, 1.54) is 0 Å². The van der Waals surface area contributed by atoms with Crippen LogP contribution in [0.1, 0.15) is 25.5 Å². The van der Waals surface area contributed by atoms with Crippen molar-refractivity contribution in [2.24, 2.45) is 0 Å². The van der Waals surface area contributed by atoms with Gasteiger partial charge in [0.25, 0.3) is 0 Å². The Morgan fingerprint density at radius 2 is 1.84 bits per heavy atom. The molecule has 0 aromatic heterocycles. The first kappa shape index (κ1) is 17.1. The average molecular weight is 340 g/mol. The summed E-state index contributed by atoms with van der Waals surface area (Å²) < 4.78 is 11.1. The molecule has 1 amide bonds. The van der Waals surface area contributed by atoms with Crippen molar-refractivity contribution in [3.63, 3.8) is 0 Å². The molecule has 1 N–H and O–H groups in total. The minimum Gasteiger partial charge on any atom is -0.486 e. The number of ether oxygens (including phenoxy) is 2. The molecular formula is C20H24N2O3. The van der Waals surface area contributed by atoms with Gasteiger partial charge in [0.2, 0.25) is 5.91 Å². The maximum absolute atomic E-state index is 12.4. The van der Waals surface area contributed by atoms with Gasteiger partial charge in [-0.2, -0.15) is 0 Å². The molecule has 132 valence electrons. The molecule has 2 aromatic carbocycles. The predicted octanol–water partition coefficient (Wildman–Crippen LogP) is 3.16. The Bertz CT molecular complexity index is 718. The monoisotopic (exact) mass is 340 g/mol. The maximum Gasteiger partial charge on any atom is 0.239 e. The summed E-state index contributed by atoms with van der Waals surface area (Å²) in [6.07, 6.45) is 0. The van der Waals surface area contributed by atoms with Crippen LogP contribution >= 0.6 is 0 Å². The molecule has 1 aliphatic rings. The van der Waals surface area contributed by atoms with Crippen LogP contribution in [0.25, 0.3) is 0 Å². The van der Waals surface area contributed by atoms with Crippen LogP contribution < -0.4 is 19.7 Å². The Morgan fingerprint density at radius 1 is 1.12 bits per heavy atom. The number of amides is 1. The molecule has 0 bridgehead atoms. The van der Waals surface area contributed by atoms with Gasteiger partial charge >= 0.3 is 0 Å². The fourth-order valence-electron chi connectivity index (χ4n) is 2.90. The fourth-order valence-corrected chi connectivity index (χ4v) is 2.90. The van der Waals surface area contributed by atoms with Crippen molar-refractivity contribution in [1.29, 1.82) is 0 Å². The van der Waals surface area contributed by atoms with Crippen molar-refractivity contribution in [2.75, 3.05) is 31.2 Å². The molecule has 1 heterocycles. The van der Waals surface area contributed by atoms with Gasteiger partial charge in [-0.05, 0) is 43.7 Å². The van der Waals surface area contributed by atoms with E-state index in [9.17, 15) is 4.79 Å². The third kappa shape index (κ3) is 4.24. The van der Waals surface area contributed by atoms with Gasteiger partial charge in [-0.1, -0.05) is 24.3 Å². The van der Waals surface area contributed by atoms with E-state index in [2.05, 4.69) is 5.32 Å². The highest BCUT2D eigenvalue weighted by Crippen LogP contribution is 2.32. The molecule has 2 aromatic rings. The van der Waals surface area contributed by atoms with Gasteiger partial charge in [-0.3, -0.25) is 4.79 Å². The number of hydrogen-bond acceptors (Lipinski definition) is 4. The maximum atomic E-state index is 12.4.